The number of likely N-dealkylation sites (tertiary alicyclic amines) is 1. The Morgan fingerprint density at radius 1 is 1.37 bits per heavy atom. The predicted octanol–water partition coefficient (Wildman–Crippen LogP) is 3.74. The van der Waals surface area contributed by atoms with Crippen LogP contribution >= 0.6 is 0 Å². The van der Waals surface area contributed by atoms with Crippen LogP contribution in [-0.2, 0) is 11.3 Å². The molecule has 0 saturated carbocycles. The average molecular weight is 369 g/mol. The van der Waals surface area contributed by atoms with E-state index in [0.29, 0.717) is 11.9 Å². The van der Waals surface area contributed by atoms with Gasteiger partial charge in [0.2, 0.25) is 5.91 Å². The normalized spacial score (nSPS) is 17.6. The first-order valence-electron chi connectivity index (χ1n) is 9.54. The highest BCUT2D eigenvalue weighted by Crippen LogP contribution is 2.31. The Bertz CT molecular complexity index is 947. The number of fused-ring (bicyclic) bond motifs is 1. The van der Waals surface area contributed by atoms with Gasteiger partial charge in [-0.1, -0.05) is 0 Å². The number of amides is 1. The largest absolute Gasteiger partial charge is 0.340 e. The lowest BCUT2D eigenvalue weighted by atomic mass is 10.0. The number of hydrogen-bond acceptors (Lipinski definition) is 3. The Balaban J connectivity index is 1.46. The Kier molecular flexibility index (Phi) is 4.92. The number of piperidine rings is 1. The van der Waals surface area contributed by atoms with Crippen LogP contribution in [0, 0.1) is 12.7 Å². The maximum atomic E-state index is 13.5. The van der Waals surface area contributed by atoms with Gasteiger partial charge < -0.3 is 14.5 Å². The molecule has 3 heterocycles. The minimum absolute atomic E-state index is 0.0586. The summed E-state index contributed by atoms with van der Waals surface area (Å²) in [5.41, 5.74) is 1.42. The molecule has 1 unspecified atom stereocenters. The van der Waals surface area contributed by atoms with Gasteiger partial charge >= 0.3 is 0 Å². The molecule has 2 aromatic heterocycles. The zero-order valence-electron chi connectivity index (χ0n) is 15.5. The fourth-order valence-electron chi connectivity index (χ4n) is 3.86. The summed E-state index contributed by atoms with van der Waals surface area (Å²) in [6, 6.07) is 4.48. The van der Waals surface area contributed by atoms with E-state index in [1.165, 1.54) is 12.1 Å². The molecule has 1 saturated heterocycles. The summed E-state index contributed by atoms with van der Waals surface area (Å²) in [4.78, 5) is 26.9. The standard InChI is InChI=1S/C20H24FN5O/c1-14-22-9-12-25(14)10-4-6-19(27)26-11-3-2-5-18(26)20-23-16-8-7-15(21)13-17(16)24-20/h7-9,12-13,18H,2-6,10-11H2,1H3,(H,23,24). The Hall–Kier alpha value is -2.70. The highest BCUT2D eigenvalue weighted by molar-refractivity contribution is 5.78. The van der Waals surface area contributed by atoms with E-state index < -0.39 is 0 Å². The second-order valence-corrected chi connectivity index (χ2v) is 7.15. The van der Waals surface area contributed by atoms with E-state index in [2.05, 4.69) is 19.5 Å². The lowest BCUT2D eigenvalue weighted by Crippen LogP contribution is -2.39. The van der Waals surface area contributed by atoms with Crippen LogP contribution in [-0.4, -0.2) is 36.9 Å². The summed E-state index contributed by atoms with van der Waals surface area (Å²) in [7, 11) is 0. The molecule has 1 aliphatic heterocycles. The van der Waals surface area contributed by atoms with Crippen molar-refractivity contribution in [2.45, 2.75) is 51.6 Å². The van der Waals surface area contributed by atoms with Crippen LogP contribution < -0.4 is 0 Å². The van der Waals surface area contributed by atoms with Crippen LogP contribution in [0.3, 0.4) is 0 Å². The number of carbonyl (C=O) groups excluding carboxylic acids is 1. The fraction of sp³-hybridized carbons (Fsp3) is 0.450. The highest BCUT2D eigenvalue weighted by Gasteiger charge is 2.29. The number of nitrogens with zero attached hydrogens (tertiary/aromatic N) is 4. The third kappa shape index (κ3) is 3.72. The maximum Gasteiger partial charge on any atom is 0.223 e. The number of aromatic amines is 1. The van der Waals surface area contributed by atoms with Crippen molar-refractivity contribution in [3.8, 4) is 0 Å². The van der Waals surface area contributed by atoms with Gasteiger partial charge in [-0.15, -0.1) is 0 Å². The van der Waals surface area contributed by atoms with Crippen molar-refractivity contribution in [1.82, 2.24) is 24.4 Å². The fourth-order valence-corrected chi connectivity index (χ4v) is 3.86. The summed E-state index contributed by atoms with van der Waals surface area (Å²) >= 11 is 0. The zero-order chi connectivity index (χ0) is 18.8. The van der Waals surface area contributed by atoms with Crippen molar-refractivity contribution in [2.75, 3.05) is 6.54 Å². The Morgan fingerprint density at radius 3 is 3.07 bits per heavy atom. The molecule has 1 N–H and O–H groups in total. The second kappa shape index (κ2) is 7.50. The highest BCUT2D eigenvalue weighted by atomic mass is 19.1. The van der Waals surface area contributed by atoms with E-state index in [1.807, 2.05) is 18.0 Å². The van der Waals surface area contributed by atoms with Crippen LogP contribution in [0.4, 0.5) is 4.39 Å². The summed E-state index contributed by atoms with van der Waals surface area (Å²) in [5, 5.41) is 0. The number of benzene rings is 1. The third-order valence-corrected chi connectivity index (χ3v) is 5.31. The molecule has 6 nitrogen and oxygen atoms in total. The number of carbonyl (C=O) groups is 1. The van der Waals surface area contributed by atoms with Gasteiger partial charge in [-0.25, -0.2) is 14.4 Å². The molecule has 3 aromatic rings. The van der Waals surface area contributed by atoms with Crippen molar-refractivity contribution < 1.29 is 9.18 Å². The molecular weight excluding hydrogens is 345 g/mol. The van der Waals surface area contributed by atoms with E-state index >= 15 is 0 Å². The molecule has 0 spiro atoms. The number of H-pyrrole nitrogens is 1. The maximum absolute atomic E-state index is 13.5. The van der Waals surface area contributed by atoms with E-state index in [4.69, 9.17) is 0 Å². The second-order valence-electron chi connectivity index (χ2n) is 7.15. The van der Waals surface area contributed by atoms with E-state index in [-0.39, 0.29) is 17.8 Å². The lowest BCUT2D eigenvalue weighted by molar-refractivity contribution is -0.135. The SMILES string of the molecule is Cc1nccn1CCCC(=O)N1CCCCC1c1nc2ccc(F)cc2[nH]1. The summed E-state index contributed by atoms with van der Waals surface area (Å²) in [6.07, 6.45) is 7.97. The van der Waals surface area contributed by atoms with E-state index in [0.717, 1.165) is 55.9 Å². The molecule has 142 valence electrons. The first-order valence-corrected chi connectivity index (χ1v) is 9.54. The quantitative estimate of drug-likeness (QED) is 0.745. The Morgan fingerprint density at radius 2 is 2.26 bits per heavy atom. The van der Waals surface area contributed by atoms with Crippen molar-refractivity contribution >= 4 is 16.9 Å². The van der Waals surface area contributed by atoms with Crippen LogP contribution in [0.25, 0.3) is 11.0 Å². The zero-order valence-corrected chi connectivity index (χ0v) is 15.5. The molecule has 1 atom stereocenters. The molecule has 1 fully saturated rings. The molecule has 1 aliphatic rings. The molecule has 1 aromatic carbocycles. The van der Waals surface area contributed by atoms with Crippen LogP contribution in [0.2, 0.25) is 0 Å². The lowest BCUT2D eigenvalue weighted by Gasteiger charge is -2.34. The number of halogens is 1. The van der Waals surface area contributed by atoms with E-state index in [9.17, 15) is 9.18 Å². The van der Waals surface area contributed by atoms with Gasteiger partial charge in [0.15, 0.2) is 0 Å². The molecule has 1 amide bonds. The third-order valence-electron chi connectivity index (χ3n) is 5.31. The smallest absolute Gasteiger partial charge is 0.223 e. The molecular formula is C20H24FN5O. The number of imidazole rings is 2. The monoisotopic (exact) mass is 369 g/mol. The van der Waals surface area contributed by atoms with Gasteiger partial charge in [-0.05, 0) is 50.8 Å². The average Bonchev–Trinajstić information content (AvgIpc) is 3.27. The minimum Gasteiger partial charge on any atom is -0.340 e. The molecule has 7 heteroatoms. The molecule has 0 bridgehead atoms. The molecule has 27 heavy (non-hydrogen) atoms. The molecule has 0 aliphatic carbocycles. The van der Waals surface area contributed by atoms with Crippen LogP contribution in [0.15, 0.2) is 30.6 Å². The number of rotatable bonds is 5. The van der Waals surface area contributed by atoms with Gasteiger partial charge in [-0.2, -0.15) is 0 Å². The van der Waals surface area contributed by atoms with Gasteiger partial charge in [0.1, 0.15) is 17.5 Å². The number of nitrogens with one attached hydrogen (secondary N) is 1. The van der Waals surface area contributed by atoms with Crippen molar-refractivity contribution in [1.29, 1.82) is 0 Å². The van der Waals surface area contributed by atoms with Crippen molar-refractivity contribution in [3.05, 3.63) is 48.1 Å². The summed E-state index contributed by atoms with van der Waals surface area (Å²) in [6.45, 7) is 3.51. The van der Waals surface area contributed by atoms with E-state index in [1.54, 1.807) is 12.3 Å². The van der Waals surface area contributed by atoms with Crippen LogP contribution in [0.5, 0.6) is 0 Å². The van der Waals surface area contributed by atoms with Crippen molar-refractivity contribution in [2.24, 2.45) is 0 Å². The number of aryl methyl sites for hydroxylation is 2. The predicted molar refractivity (Wildman–Crippen MR) is 101 cm³/mol. The number of aromatic nitrogens is 4. The summed E-state index contributed by atoms with van der Waals surface area (Å²) in [5.74, 6) is 1.59. The minimum atomic E-state index is -0.288. The van der Waals surface area contributed by atoms with Gasteiger partial charge in [0.05, 0.1) is 17.1 Å². The van der Waals surface area contributed by atoms with Gasteiger partial charge in [0.25, 0.3) is 0 Å². The van der Waals surface area contributed by atoms with Crippen molar-refractivity contribution in [3.63, 3.8) is 0 Å². The number of hydrogen-bond donors (Lipinski definition) is 1. The van der Waals surface area contributed by atoms with Gasteiger partial charge in [0, 0.05) is 31.9 Å². The topological polar surface area (TPSA) is 66.8 Å². The Labute approximate surface area is 157 Å². The first kappa shape index (κ1) is 17.7. The molecule has 4 rings (SSSR count). The first-order chi connectivity index (χ1) is 13.1. The van der Waals surface area contributed by atoms with Crippen LogP contribution in [0.1, 0.15) is 49.8 Å². The van der Waals surface area contributed by atoms with Gasteiger partial charge in [-0.3, -0.25) is 4.79 Å². The molecule has 0 radical (unpaired) electrons. The summed E-state index contributed by atoms with van der Waals surface area (Å²) < 4.78 is 15.5.